The van der Waals surface area contributed by atoms with E-state index in [2.05, 4.69) is 0 Å². The van der Waals surface area contributed by atoms with Gasteiger partial charge in [-0.1, -0.05) is 0 Å². The van der Waals surface area contributed by atoms with Gasteiger partial charge in [0.1, 0.15) is 0 Å². The molecule has 1 fully saturated rings. The fourth-order valence-corrected chi connectivity index (χ4v) is 0.859. The van der Waals surface area contributed by atoms with Crippen molar-refractivity contribution in [2.24, 2.45) is 0 Å². The van der Waals surface area contributed by atoms with E-state index in [1.807, 2.05) is 7.05 Å². The predicted molar refractivity (Wildman–Crippen MR) is 33.9 cm³/mol. The van der Waals surface area contributed by atoms with Crippen LogP contribution in [0.5, 0.6) is 0 Å². The average molecular weight is 145 g/mol. The number of carbonyl (C=O) groups excluding carboxylic acids is 1. The Balaban J connectivity index is 2.24. The van der Waals surface area contributed by atoms with Crippen LogP contribution in [0.1, 0.15) is 13.3 Å². The molecule has 1 heterocycles. The summed E-state index contributed by atoms with van der Waals surface area (Å²) in [4.78, 5) is 15.4. The number of ether oxygens (including phenoxy) is 1. The molecule has 1 aliphatic rings. The van der Waals surface area contributed by atoms with Crippen molar-refractivity contribution in [3.05, 3.63) is 0 Å². The van der Waals surface area contributed by atoms with Gasteiger partial charge in [0.2, 0.25) is 6.29 Å². The molecule has 0 bridgehead atoms. The molecule has 0 aliphatic carbocycles. The Morgan fingerprint density at radius 1 is 1.80 bits per heavy atom. The topological polar surface area (TPSA) is 38.8 Å². The Kier molecular flexibility index (Phi) is 2.24. The highest BCUT2D eigenvalue weighted by Gasteiger charge is 2.22. The fourth-order valence-electron chi connectivity index (χ4n) is 0.859. The Bertz CT molecular complexity index is 137. The van der Waals surface area contributed by atoms with Crippen LogP contribution >= 0.6 is 0 Å². The Morgan fingerprint density at radius 2 is 2.50 bits per heavy atom. The van der Waals surface area contributed by atoms with Crippen molar-refractivity contribution in [3.8, 4) is 0 Å². The number of hydrogen-bond acceptors (Lipinski definition) is 4. The number of esters is 1. The largest absolute Gasteiger partial charge is 0.434 e. The minimum absolute atomic E-state index is 0.291. The van der Waals surface area contributed by atoms with E-state index in [9.17, 15) is 4.79 Å². The van der Waals surface area contributed by atoms with Crippen molar-refractivity contribution in [1.29, 1.82) is 0 Å². The number of carbonyl (C=O) groups is 1. The maximum atomic E-state index is 10.4. The average Bonchev–Trinajstić information content (AvgIpc) is 2.13. The highest BCUT2D eigenvalue weighted by molar-refractivity contribution is 5.66. The predicted octanol–water partition coefficient (Wildman–Crippen LogP) is 0.143. The van der Waals surface area contributed by atoms with Gasteiger partial charge < -0.3 is 4.74 Å². The summed E-state index contributed by atoms with van der Waals surface area (Å²) in [6.45, 7) is 2.19. The van der Waals surface area contributed by atoms with E-state index < -0.39 is 0 Å². The SMILES string of the molecule is CC(=O)OC1CCN(C)O1. The van der Waals surface area contributed by atoms with Crippen LogP contribution in [-0.2, 0) is 14.4 Å². The molecule has 1 unspecified atom stereocenters. The lowest BCUT2D eigenvalue weighted by molar-refractivity contribution is -0.219. The molecule has 0 aromatic rings. The van der Waals surface area contributed by atoms with Crippen molar-refractivity contribution in [2.75, 3.05) is 13.6 Å². The smallest absolute Gasteiger partial charge is 0.304 e. The van der Waals surface area contributed by atoms with Gasteiger partial charge in [-0.15, -0.1) is 0 Å². The fraction of sp³-hybridized carbons (Fsp3) is 0.833. The first-order valence-corrected chi connectivity index (χ1v) is 3.23. The molecule has 0 amide bonds. The lowest BCUT2D eigenvalue weighted by Gasteiger charge is -2.10. The Morgan fingerprint density at radius 3 is 2.90 bits per heavy atom. The van der Waals surface area contributed by atoms with E-state index in [0.29, 0.717) is 0 Å². The standard InChI is InChI=1S/C6H11NO3/c1-5(8)9-6-3-4-7(2)10-6/h6H,3-4H2,1-2H3. The molecule has 0 saturated carbocycles. The zero-order valence-corrected chi connectivity index (χ0v) is 6.16. The lowest BCUT2D eigenvalue weighted by Crippen LogP contribution is -2.17. The summed E-state index contributed by atoms with van der Waals surface area (Å²) in [5, 5.41) is 1.66. The summed E-state index contributed by atoms with van der Waals surface area (Å²) in [6, 6.07) is 0. The van der Waals surface area contributed by atoms with Gasteiger partial charge >= 0.3 is 5.97 Å². The molecule has 0 aromatic carbocycles. The van der Waals surface area contributed by atoms with Crippen LogP contribution in [-0.4, -0.2) is 30.9 Å². The third kappa shape index (κ3) is 1.97. The second-order valence-corrected chi connectivity index (χ2v) is 2.28. The number of hydrogen-bond donors (Lipinski definition) is 0. The van der Waals surface area contributed by atoms with Gasteiger partial charge in [0.15, 0.2) is 0 Å². The van der Waals surface area contributed by atoms with Gasteiger partial charge in [0.05, 0.1) is 0 Å². The molecule has 1 rings (SSSR count). The number of hydroxylamine groups is 2. The minimum atomic E-state index is -0.359. The Hall–Kier alpha value is -0.610. The summed E-state index contributed by atoms with van der Waals surface area (Å²) >= 11 is 0. The van der Waals surface area contributed by atoms with Crippen LogP contribution < -0.4 is 0 Å². The normalized spacial score (nSPS) is 26.8. The lowest BCUT2D eigenvalue weighted by atomic mass is 10.4. The van der Waals surface area contributed by atoms with Gasteiger partial charge in [-0.3, -0.25) is 9.63 Å². The molecule has 0 N–H and O–H groups in total. The molecule has 4 heteroatoms. The van der Waals surface area contributed by atoms with E-state index >= 15 is 0 Å². The number of rotatable bonds is 1. The van der Waals surface area contributed by atoms with Gasteiger partial charge in [-0.05, 0) is 0 Å². The maximum Gasteiger partial charge on any atom is 0.304 e. The second-order valence-electron chi connectivity index (χ2n) is 2.28. The van der Waals surface area contributed by atoms with Crippen molar-refractivity contribution in [3.63, 3.8) is 0 Å². The van der Waals surface area contributed by atoms with Crippen LogP contribution in [0, 0.1) is 0 Å². The highest BCUT2D eigenvalue weighted by atomic mass is 16.8. The van der Waals surface area contributed by atoms with Crippen molar-refractivity contribution in [2.45, 2.75) is 19.6 Å². The number of nitrogens with zero attached hydrogens (tertiary/aromatic N) is 1. The van der Waals surface area contributed by atoms with E-state index in [1.54, 1.807) is 5.06 Å². The van der Waals surface area contributed by atoms with Crippen molar-refractivity contribution in [1.82, 2.24) is 5.06 Å². The zero-order valence-electron chi connectivity index (χ0n) is 6.16. The van der Waals surface area contributed by atoms with E-state index in [1.165, 1.54) is 6.92 Å². The van der Waals surface area contributed by atoms with Crippen LogP contribution in [0.3, 0.4) is 0 Å². The molecule has 1 aliphatic heterocycles. The first-order valence-electron chi connectivity index (χ1n) is 3.23. The summed E-state index contributed by atoms with van der Waals surface area (Å²) in [6.07, 6.45) is 0.401. The molecule has 58 valence electrons. The van der Waals surface area contributed by atoms with Crippen LogP contribution in [0.2, 0.25) is 0 Å². The summed E-state index contributed by atoms with van der Waals surface area (Å²) in [7, 11) is 1.81. The molecule has 4 nitrogen and oxygen atoms in total. The first kappa shape index (κ1) is 7.50. The molecular weight excluding hydrogens is 134 g/mol. The molecule has 1 atom stereocenters. The van der Waals surface area contributed by atoms with Crippen molar-refractivity contribution >= 4 is 5.97 Å². The monoisotopic (exact) mass is 145 g/mol. The van der Waals surface area contributed by atoms with Crippen LogP contribution in [0.25, 0.3) is 0 Å². The quantitative estimate of drug-likeness (QED) is 0.492. The van der Waals surface area contributed by atoms with Crippen molar-refractivity contribution < 1.29 is 14.4 Å². The van der Waals surface area contributed by atoms with Gasteiger partial charge in [-0.2, -0.15) is 5.06 Å². The van der Waals surface area contributed by atoms with Gasteiger partial charge in [-0.25, -0.2) is 0 Å². The van der Waals surface area contributed by atoms with Crippen LogP contribution in [0.4, 0.5) is 0 Å². The molecule has 1 saturated heterocycles. The highest BCUT2D eigenvalue weighted by Crippen LogP contribution is 2.11. The van der Waals surface area contributed by atoms with Gasteiger partial charge in [0, 0.05) is 26.9 Å². The maximum absolute atomic E-state index is 10.4. The van der Waals surface area contributed by atoms with E-state index in [-0.39, 0.29) is 12.3 Å². The van der Waals surface area contributed by atoms with E-state index in [4.69, 9.17) is 9.57 Å². The zero-order chi connectivity index (χ0) is 7.56. The van der Waals surface area contributed by atoms with Gasteiger partial charge in [0.25, 0.3) is 0 Å². The molecule has 0 spiro atoms. The summed E-state index contributed by atoms with van der Waals surface area (Å²) in [5.41, 5.74) is 0. The summed E-state index contributed by atoms with van der Waals surface area (Å²) in [5.74, 6) is -0.291. The molecule has 10 heavy (non-hydrogen) atoms. The minimum Gasteiger partial charge on any atom is -0.434 e. The molecule has 0 aromatic heterocycles. The first-order chi connectivity index (χ1) is 4.68. The third-order valence-electron chi connectivity index (χ3n) is 1.27. The third-order valence-corrected chi connectivity index (χ3v) is 1.27. The summed E-state index contributed by atoms with van der Waals surface area (Å²) < 4.78 is 4.78. The van der Waals surface area contributed by atoms with E-state index in [0.717, 1.165) is 13.0 Å². The Labute approximate surface area is 59.7 Å². The second kappa shape index (κ2) is 2.98. The molecule has 0 radical (unpaired) electrons. The van der Waals surface area contributed by atoms with Crippen LogP contribution in [0.15, 0.2) is 0 Å². The molecular formula is C6H11NO3.